The van der Waals surface area contributed by atoms with E-state index in [-0.39, 0.29) is 24.2 Å². The maximum atomic E-state index is 13.4. The zero-order valence-corrected chi connectivity index (χ0v) is 9.27. The van der Waals surface area contributed by atoms with Gasteiger partial charge in [-0.2, -0.15) is 5.26 Å². The lowest BCUT2D eigenvalue weighted by molar-refractivity contribution is -0.130. The highest BCUT2D eigenvalue weighted by atomic mass is 19.1. The number of halogens is 1. The summed E-state index contributed by atoms with van der Waals surface area (Å²) in [5.41, 5.74) is 0.455. The highest BCUT2D eigenvalue weighted by Gasteiger charge is 2.19. The summed E-state index contributed by atoms with van der Waals surface area (Å²) in [6, 6.07) is 7.72. The second-order valence-electron chi connectivity index (χ2n) is 3.54. The molecule has 16 heavy (non-hydrogen) atoms. The van der Waals surface area contributed by atoms with Crippen LogP contribution < -0.4 is 0 Å². The third-order valence-electron chi connectivity index (χ3n) is 2.56. The predicted molar refractivity (Wildman–Crippen MR) is 57.8 cm³/mol. The molecule has 0 aliphatic rings. The predicted octanol–water partition coefficient (Wildman–Crippen LogP) is 2.26. The molecule has 0 saturated carbocycles. The molecule has 0 radical (unpaired) electrons. The minimum absolute atomic E-state index is 0.185. The van der Waals surface area contributed by atoms with E-state index in [1.54, 1.807) is 38.2 Å². The molecule has 0 bridgehead atoms. The smallest absolute Gasteiger partial charge is 0.237 e. The Morgan fingerprint density at radius 2 is 2.19 bits per heavy atom. The molecule has 0 spiro atoms. The van der Waals surface area contributed by atoms with Gasteiger partial charge >= 0.3 is 0 Å². The third kappa shape index (κ3) is 2.57. The fraction of sp³-hybridized carbons (Fsp3) is 0.333. The van der Waals surface area contributed by atoms with Crippen LogP contribution in [0.4, 0.5) is 4.39 Å². The first-order chi connectivity index (χ1) is 7.57. The number of benzene rings is 1. The first-order valence-electron chi connectivity index (χ1n) is 4.95. The van der Waals surface area contributed by atoms with E-state index in [1.165, 1.54) is 11.0 Å². The number of carbonyl (C=O) groups is 1. The molecule has 1 unspecified atom stereocenters. The van der Waals surface area contributed by atoms with Crippen LogP contribution in [0.3, 0.4) is 0 Å². The molecule has 0 aliphatic heterocycles. The summed E-state index contributed by atoms with van der Waals surface area (Å²) >= 11 is 0. The van der Waals surface area contributed by atoms with Crippen LogP contribution in [0.1, 0.15) is 24.9 Å². The van der Waals surface area contributed by atoms with Crippen molar-refractivity contribution in [3.05, 3.63) is 35.6 Å². The molecular formula is C12H13FN2O. The van der Waals surface area contributed by atoms with E-state index in [4.69, 9.17) is 5.26 Å². The van der Waals surface area contributed by atoms with Crippen molar-refractivity contribution in [3.8, 4) is 6.07 Å². The molecule has 0 heterocycles. The standard InChI is InChI=1S/C12H13FN2O/c1-9(15(2)12(16)7-8-14)10-5-3-4-6-11(10)13/h3-6,9H,7H2,1-2H3. The Morgan fingerprint density at radius 3 is 2.75 bits per heavy atom. The van der Waals surface area contributed by atoms with Gasteiger partial charge in [0.05, 0.1) is 12.1 Å². The molecule has 0 saturated heterocycles. The number of amides is 1. The fourth-order valence-electron chi connectivity index (χ4n) is 1.43. The first-order valence-corrected chi connectivity index (χ1v) is 4.95. The summed E-state index contributed by atoms with van der Waals surface area (Å²) in [7, 11) is 1.57. The number of hydrogen-bond acceptors (Lipinski definition) is 2. The normalized spacial score (nSPS) is 11.6. The molecule has 3 nitrogen and oxygen atoms in total. The van der Waals surface area contributed by atoms with Gasteiger partial charge in [0.15, 0.2) is 0 Å². The largest absolute Gasteiger partial charge is 0.338 e. The van der Waals surface area contributed by atoms with Crippen molar-refractivity contribution in [3.63, 3.8) is 0 Å². The van der Waals surface area contributed by atoms with Gasteiger partial charge < -0.3 is 4.90 Å². The quantitative estimate of drug-likeness (QED) is 0.784. The molecule has 0 aliphatic carbocycles. The molecular weight excluding hydrogens is 207 g/mol. The lowest BCUT2D eigenvalue weighted by Gasteiger charge is -2.24. The van der Waals surface area contributed by atoms with Crippen molar-refractivity contribution >= 4 is 5.91 Å². The molecule has 1 aromatic rings. The molecule has 0 N–H and O–H groups in total. The maximum Gasteiger partial charge on any atom is 0.237 e. The van der Waals surface area contributed by atoms with Crippen LogP contribution in [-0.4, -0.2) is 17.9 Å². The minimum atomic E-state index is -0.373. The summed E-state index contributed by atoms with van der Waals surface area (Å²) in [6.07, 6.45) is -0.185. The van der Waals surface area contributed by atoms with Gasteiger partial charge in [-0.3, -0.25) is 4.79 Å². The molecule has 1 amide bonds. The van der Waals surface area contributed by atoms with Crippen molar-refractivity contribution < 1.29 is 9.18 Å². The lowest BCUT2D eigenvalue weighted by atomic mass is 10.1. The number of rotatable bonds is 3. The summed E-state index contributed by atoms with van der Waals surface area (Å²) in [6.45, 7) is 1.73. The monoisotopic (exact) mass is 220 g/mol. The summed E-state index contributed by atoms with van der Waals surface area (Å²) in [5, 5.41) is 8.42. The van der Waals surface area contributed by atoms with Gasteiger partial charge in [0, 0.05) is 12.6 Å². The number of carbonyl (C=O) groups excluding carboxylic acids is 1. The summed E-state index contributed by atoms with van der Waals surface area (Å²) in [4.78, 5) is 12.8. The second-order valence-corrected chi connectivity index (χ2v) is 3.54. The van der Waals surface area contributed by atoms with Gasteiger partial charge in [-0.1, -0.05) is 18.2 Å². The van der Waals surface area contributed by atoms with Gasteiger partial charge in [-0.25, -0.2) is 4.39 Å². The van der Waals surface area contributed by atoms with Gasteiger partial charge in [-0.05, 0) is 13.0 Å². The summed E-state index contributed by atoms with van der Waals surface area (Å²) in [5.74, 6) is -0.648. The Kier molecular flexibility index (Phi) is 4.01. The van der Waals surface area contributed by atoms with Crippen molar-refractivity contribution in [1.29, 1.82) is 5.26 Å². The molecule has 0 aromatic heterocycles. The molecule has 1 atom stereocenters. The fourth-order valence-corrected chi connectivity index (χ4v) is 1.43. The molecule has 84 valence electrons. The van der Waals surface area contributed by atoms with E-state index in [0.29, 0.717) is 5.56 Å². The highest BCUT2D eigenvalue weighted by molar-refractivity contribution is 5.78. The molecule has 1 rings (SSSR count). The van der Waals surface area contributed by atoms with E-state index in [1.807, 2.05) is 0 Å². The van der Waals surface area contributed by atoms with Crippen LogP contribution in [0.2, 0.25) is 0 Å². The van der Waals surface area contributed by atoms with Crippen LogP contribution >= 0.6 is 0 Å². The number of nitrogens with zero attached hydrogens (tertiary/aromatic N) is 2. The topological polar surface area (TPSA) is 44.1 Å². The van der Waals surface area contributed by atoms with Gasteiger partial charge in [-0.15, -0.1) is 0 Å². The van der Waals surface area contributed by atoms with E-state index < -0.39 is 0 Å². The Labute approximate surface area is 94.1 Å². The minimum Gasteiger partial charge on any atom is -0.338 e. The maximum absolute atomic E-state index is 13.4. The Balaban J connectivity index is 2.87. The van der Waals surface area contributed by atoms with E-state index in [2.05, 4.69) is 0 Å². The van der Waals surface area contributed by atoms with Crippen molar-refractivity contribution in [2.24, 2.45) is 0 Å². The zero-order chi connectivity index (χ0) is 12.1. The summed E-state index contributed by atoms with van der Waals surface area (Å²) < 4.78 is 13.4. The van der Waals surface area contributed by atoms with Crippen LogP contribution in [0, 0.1) is 17.1 Å². The van der Waals surface area contributed by atoms with Crippen molar-refractivity contribution in [2.75, 3.05) is 7.05 Å². The molecule has 0 fully saturated rings. The van der Waals surface area contributed by atoms with E-state index >= 15 is 0 Å². The van der Waals surface area contributed by atoms with E-state index in [0.717, 1.165) is 0 Å². The Bertz CT molecular complexity index is 425. The Hall–Kier alpha value is -1.89. The number of hydrogen-bond donors (Lipinski definition) is 0. The molecule has 4 heteroatoms. The third-order valence-corrected chi connectivity index (χ3v) is 2.56. The van der Waals surface area contributed by atoms with Gasteiger partial charge in [0.25, 0.3) is 0 Å². The van der Waals surface area contributed by atoms with Crippen LogP contribution in [0.15, 0.2) is 24.3 Å². The van der Waals surface area contributed by atoms with Crippen LogP contribution in [-0.2, 0) is 4.79 Å². The average Bonchev–Trinajstić information content (AvgIpc) is 2.28. The zero-order valence-electron chi connectivity index (χ0n) is 9.27. The lowest BCUT2D eigenvalue weighted by Crippen LogP contribution is -2.29. The van der Waals surface area contributed by atoms with Crippen LogP contribution in [0.25, 0.3) is 0 Å². The van der Waals surface area contributed by atoms with Gasteiger partial charge in [0.1, 0.15) is 12.2 Å². The SMILES string of the molecule is CC(c1ccccc1F)N(C)C(=O)CC#N. The molecule has 1 aromatic carbocycles. The van der Waals surface area contributed by atoms with Crippen molar-refractivity contribution in [2.45, 2.75) is 19.4 Å². The Morgan fingerprint density at radius 1 is 1.56 bits per heavy atom. The van der Waals surface area contributed by atoms with Crippen LogP contribution in [0.5, 0.6) is 0 Å². The van der Waals surface area contributed by atoms with Gasteiger partial charge in [0.2, 0.25) is 5.91 Å². The van der Waals surface area contributed by atoms with E-state index in [9.17, 15) is 9.18 Å². The second kappa shape index (κ2) is 5.26. The highest BCUT2D eigenvalue weighted by Crippen LogP contribution is 2.21. The van der Waals surface area contributed by atoms with Crippen molar-refractivity contribution in [1.82, 2.24) is 4.90 Å². The first kappa shape index (κ1) is 12.2. The number of nitriles is 1. The average molecular weight is 220 g/mol.